The number of anilines is 1. The lowest BCUT2D eigenvalue weighted by atomic mass is 10.2. The molecular formula is C11H5F2N3OS. The first-order valence-electron chi connectivity index (χ1n) is 4.72. The van der Waals surface area contributed by atoms with E-state index in [1.54, 1.807) is 5.38 Å². The minimum absolute atomic E-state index is 0.267. The second kappa shape index (κ2) is 4.89. The van der Waals surface area contributed by atoms with Crippen molar-refractivity contribution in [1.82, 2.24) is 4.98 Å². The first-order valence-corrected chi connectivity index (χ1v) is 5.60. The van der Waals surface area contributed by atoms with Gasteiger partial charge in [-0.3, -0.25) is 4.79 Å². The summed E-state index contributed by atoms with van der Waals surface area (Å²) in [6.07, 6.45) is 0.993. The van der Waals surface area contributed by atoms with E-state index in [0.717, 1.165) is 23.6 Å². The van der Waals surface area contributed by atoms with Crippen molar-refractivity contribution < 1.29 is 13.6 Å². The monoisotopic (exact) mass is 265 g/mol. The fraction of sp³-hybridized carbons (Fsp3) is 0. The predicted octanol–water partition coefficient (Wildman–Crippen LogP) is 2.55. The van der Waals surface area contributed by atoms with Gasteiger partial charge in [0.1, 0.15) is 11.1 Å². The topological polar surface area (TPSA) is 65.8 Å². The third-order valence-electron chi connectivity index (χ3n) is 2.10. The quantitative estimate of drug-likeness (QED) is 0.848. The second-order valence-electron chi connectivity index (χ2n) is 3.19. The molecule has 2 heterocycles. The van der Waals surface area contributed by atoms with Crippen LogP contribution in [-0.2, 0) is 0 Å². The second-order valence-corrected chi connectivity index (χ2v) is 4.11. The third-order valence-corrected chi connectivity index (χ3v) is 2.93. The molecule has 18 heavy (non-hydrogen) atoms. The van der Waals surface area contributed by atoms with E-state index in [0.29, 0.717) is 5.00 Å². The number of amides is 1. The van der Waals surface area contributed by atoms with E-state index in [-0.39, 0.29) is 5.56 Å². The average Bonchev–Trinajstić information content (AvgIpc) is 2.79. The van der Waals surface area contributed by atoms with Gasteiger partial charge in [0.25, 0.3) is 5.91 Å². The van der Waals surface area contributed by atoms with Crippen LogP contribution in [0, 0.1) is 23.1 Å². The molecular weight excluding hydrogens is 260 g/mol. The van der Waals surface area contributed by atoms with Gasteiger partial charge in [0, 0.05) is 6.20 Å². The van der Waals surface area contributed by atoms with E-state index in [9.17, 15) is 13.6 Å². The molecule has 90 valence electrons. The molecule has 4 nitrogen and oxygen atoms in total. The molecule has 0 atom stereocenters. The smallest absolute Gasteiger partial charge is 0.259 e. The van der Waals surface area contributed by atoms with Gasteiger partial charge in [-0.05, 0) is 17.5 Å². The Labute approximate surface area is 105 Å². The van der Waals surface area contributed by atoms with Gasteiger partial charge >= 0.3 is 0 Å². The van der Waals surface area contributed by atoms with Crippen molar-refractivity contribution in [2.24, 2.45) is 0 Å². The largest absolute Gasteiger partial charge is 0.312 e. The maximum atomic E-state index is 13.3. The van der Waals surface area contributed by atoms with E-state index in [1.165, 1.54) is 6.07 Å². The fourth-order valence-electron chi connectivity index (χ4n) is 1.26. The Bertz CT molecular complexity index is 648. The predicted molar refractivity (Wildman–Crippen MR) is 61.1 cm³/mol. The number of hydrogen-bond acceptors (Lipinski definition) is 4. The van der Waals surface area contributed by atoms with Gasteiger partial charge in [0.05, 0.1) is 11.1 Å². The van der Waals surface area contributed by atoms with Crippen LogP contribution < -0.4 is 5.32 Å². The highest BCUT2D eigenvalue weighted by Crippen LogP contribution is 2.23. The van der Waals surface area contributed by atoms with E-state index < -0.39 is 23.2 Å². The number of carbonyl (C=O) groups is 1. The van der Waals surface area contributed by atoms with Gasteiger partial charge in [-0.15, -0.1) is 11.3 Å². The van der Waals surface area contributed by atoms with Crippen molar-refractivity contribution in [3.8, 4) is 6.07 Å². The summed E-state index contributed by atoms with van der Waals surface area (Å²) in [5.41, 5.74) is -0.192. The fourth-order valence-corrected chi connectivity index (χ4v) is 1.99. The lowest BCUT2D eigenvalue weighted by molar-refractivity contribution is 0.102. The normalized spacial score (nSPS) is 9.83. The molecule has 0 bridgehead atoms. The molecule has 0 radical (unpaired) electrons. The zero-order chi connectivity index (χ0) is 13.1. The molecule has 0 aromatic carbocycles. The number of nitrogens with zero attached hydrogens (tertiary/aromatic N) is 2. The Hall–Kier alpha value is -2.33. The summed E-state index contributed by atoms with van der Waals surface area (Å²) in [4.78, 5) is 14.8. The molecule has 2 aromatic rings. The van der Waals surface area contributed by atoms with Crippen LogP contribution >= 0.6 is 11.3 Å². The van der Waals surface area contributed by atoms with Gasteiger partial charge < -0.3 is 5.32 Å². The summed E-state index contributed by atoms with van der Waals surface area (Å²) in [5.74, 6) is -3.48. The van der Waals surface area contributed by atoms with Gasteiger partial charge in [0.2, 0.25) is 5.95 Å². The molecule has 0 unspecified atom stereocenters. The molecule has 1 N–H and O–H groups in total. The Kier molecular flexibility index (Phi) is 3.30. The number of hydrogen-bond donors (Lipinski definition) is 1. The molecule has 0 aliphatic carbocycles. The number of pyridine rings is 1. The molecule has 0 aliphatic rings. The number of rotatable bonds is 2. The number of nitrogens with one attached hydrogen (secondary N) is 1. The SMILES string of the molecule is N#Cc1ccsc1NC(=O)c1ccnc(F)c1F. The van der Waals surface area contributed by atoms with Crippen LogP contribution in [-0.4, -0.2) is 10.9 Å². The summed E-state index contributed by atoms with van der Waals surface area (Å²) >= 11 is 1.12. The van der Waals surface area contributed by atoms with Crippen molar-refractivity contribution in [1.29, 1.82) is 5.26 Å². The van der Waals surface area contributed by atoms with Crippen LogP contribution in [0.4, 0.5) is 13.8 Å². The molecule has 0 spiro atoms. The highest BCUT2D eigenvalue weighted by Gasteiger charge is 2.17. The van der Waals surface area contributed by atoms with Gasteiger partial charge in [-0.25, -0.2) is 9.37 Å². The van der Waals surface area contributed by atoms with Crippen molar-refractivity contribution in [2.45, 2.75) is 0 Å². The highest BCUT2D eigenvalue weighted by atomic mass is 32.1. The van der Waals surface area contributed by atoms with Crippen molar-refractivity contribution in [3.63, 3.8) is 0 Å². The molecule has 0 saturated carbocycles. The van der Waals surface area contributed by atoms with Crippen molar-refractivity contribution in [2.75, 3.05) is 5.32 Å². The molecule has 1 amide bonds. The van der Waals surface area contributed by atoms with Crippen molar-refractivity contribution >= 4 is 22.2 Å². The first-order chi connectivity index (χ1) is 8.63. The molecule has 0 saturated heterocycles. The Morgan fingerprint density at radius 2 is 2.22 bits per heavy atom. The summed E-state index contributed by atoms with van der Waals surface area (Å²) in [7, 11) is 0. The number of aromatic nitrogens is 1. The molecule has 0 fully saturated rings. The maximum Gasteiger partial charge on any atom is 0.259 e. The summed E-state index contributed by atoms with van der Waals surface area (Å²) in [6.45, 7) is 0. The van der Waals surface area contributed by atoms with E-state index in [2.05, 4.69) is 10.3 Å². The first kappa shape index (κ1) is 12.1. The minimum Gasteiger partial charge on any atom is -0.312 e. The number of carbonyl (C=O) groups excluding carboxylic acids is 1. The summed E-state index contributed by atoms with van der Waals surface area (Å²) in [6, 6.07) is 4.45. The number of thiophene rings is 1. The lowest BCUT2D eigenvalue weighted by Crippen LogP contribution is -2.14. The molecule has 2 rings (SSSR count). The molecule has 0 aliphatic heterocycles. The number of nitriles is 1. The summed E-state index contributed by atoms with van der Waals surface area (Å²) in [5, 5.41) is 13.0. The van der Waals surface area contributed by atoms with Crippen LogP contribution in [0.3, 0.4) is 0 Å². The minimum atomic E-state index is -1.34. The van der Waals surface area contributed by atoms with Crippen LogP contribution in [0.2, 0.25) is 0 Å². The zero-order valence-electron chi connectivity index (χ0n) is 8.78. The Balaban J connectivity index is 2.29. The van der Waals surface area contributed by atoms with E-state index >= 15 is 0 Å². The van der Waals surface area contributed by atoms with E-state index in [1.807, 2.05) is 6.07 Å². The third kappa shape index (κ3) is 2.19. The Morgan fingerprint density at radius 1 is 1.44 bits per heavy atom. The standard InChI is InChI=1S/C11H5F2N3OS/c12-8-7(1-3-15-9(8)13)10(17)16-11-6(5-14)2-4-18-11/h1-4H,(H,16,17). The van der Waals surface area contributed by atoms with Gasteiger partial charge in [-0.2, -0.15) is 9.65 Å². The van der Waals surface area contributed by atoms with Gasteiger partial charge in [0.15, 0.2) is 5.82 Å². The summed E-state index contributed by atoms with van der Waals surface area (Å²) < 4.78 is 26.2. The van der Waals surface area contributed by atoms with Crippen LogP contribution in [0.1, 0.15) is 15.9 Å². The Morgan fingerprint density at radius 3 is 2.94 bits per heavy atom. The van der Waals surface area contributed by atoms with Crippen molar-refractivity contribution in [3.05, 3.63) is 46.6 Å². The molecule has 7 heteroatoms. The highest BCUT2D eigenvalue weighted by molar-refractivity contribution is 7.14. The van der Waals surface area contributed by atoms with Crippen LogP contribution in [0.25, 0.3) is 0 Å². The average molecular weight is 265 g/mol. The maximum absolute atomic E-state index is 13.3. The van der Waals surface area contributed by atoms with Crippen LogP contribution in [0.15, 0.2) is 23.7 Å². The molecule has 2 aromatic heterocycles. The van der Waals surface area contributed by atoms with Gasteiger partial charge in [-0.1, -0.05) is 0 Å². The lowest BCUT2D eigenvalue weighted by Gasteiger charge is -2.04. The van der Waals surface area contributed by atoms with Crippen LogP contribution in [0.5, 0.6) is 0 Å². The van der Waals surface area contributed by atoms with E-state index in [4.69, 9.17) is 5.26 Å². The zero-order valence-corrected chi connectivity index (χ0v) is 9.59. The number of halogens is 2.